The maximum atomic E-state index is 11.4. The van der Waals surface area contributed by atoms with Gasteiger partial charge in [-0.1, -0.05) is 72.9 Å². The van der Waals surface area contributed by atoms with Gasteiger partial charge in [-0.2, -0.15) is 0 Å². The van der Waals surface area contributed by atoms with E-state index in [1.807, 2.05) is 26.0 Å². The summed E-state index contributed by atoms with van der Waals surface area (Å²) in [6, 6.07) is 12.6. The number of rotatable bonds is 8. The Balaban J connectivity index is 1.37. The molecule has 0 bridgehead atoms. The standard InChI is InChI=1S/C29H25Cl3N2O4/c1-15(2)27-20(26(34-38-27)25-22(30)5-4-6-23(25)31)14-37-18-7-8-19(24(32)10-18)21-11-29(21,3)17-9-16(28(35)36)12-33-13-17/h4-10,12-13,15,21H,11,14H2,1-3H3,(H,35,36). The first kappa shape index (κ1) is 26.5. The number of pyridine rings is 1. The Kier molecular flexibility index (Phi) is 7.16. The lowest BCUT2D eigenvalue weighted by Gasteiger charge is -2.15. The first-order valence-corrected chi connectivity index (χ1v) is 13.3. The fourth-order valence-corrected chi connectivity index (χ4v) is 5.76. The average Bonchev–Trinajstić information content (AvgIpc) is 3.39. The largest absolute Gasteiger partial charge is 0.489 e. The van der Waals surface area contributed by atoms with Gasteiger partial charge in [0.15, 0.2) is 0 Å². The quantitative estimate of drug-likeness (QED) is 0.228. The molecule has 0 aliphatic heterocycles. The van der Waals surface area contributed by atoms with Crippen LogP contribution in [0.25, 0.3) is 11.3 Å². The Hall–Kier alpha value is -3.06. The molecule has 9 heteroatoms. The van der Waals surface area contributed by atoms with Crippen LogP contribution in [0.2, 0.25) is 15.1 Å². The average molecular weight is 572 g/mol. The minimum Gasteiger partial charge on any atom is -0.489 e. The molecule has 4 aromatic rings. The molecule has 196 valence electrons. The summed E-state index contributed by atoms with van der Waals surface area (Å²) in [5, 5.41) is 15.1. The fraction of sp³-hybridized carbons (Fsp3) is 0.276. The molecule has 0 amide bonds. The van der Waals surface area contributed by atoms with Crippen molar-refractivity contribution in [2.24, 2.45) is 0 Å². The molecule has 0 radical (unpaired) electrons. The molecule has 38 heavy (non-hydrogen) atoms. The number of hydrogen-bond acceptors (Lipinski definition) is 5. The molecule has 1 N–H and O–H groups in total. The first-order chi connectivity index (χ1) is 18.1. The summed E-state index contributed by atoms with van der Waals surface area (Å²) < 4.78 is 11.8. The zero-order valence-corrected chi connectivity index (χ0v) is 23.2. The van der Waals surface area contributed by atoms with E-state index in [9.17, 15) is 9.90 Å². The smallest absolute Gasteiger partial charge is 0.337 e. The van der Waals surface area contributed by atoms with Crippen LogP contribution in [-0.4, -0.2) is 21.2 Å². The summed E-state index contributed by atoms with van der Waals surface area (Å²) in [6.45, 7) is 6.32. The summed E-state index contributed by atoms with van der Waals surface area (Å²) >= 11 is 19.6. The second-order valence-corrected chi connectivity index (χ2v) is 11.3. The van der Waals surface area contributed by atoms with Crippen LogP contribution in [0, 0.1) is 0 Å². The Morgan fingerprint density at radius 1 is 1.13 bits per heavy atom. The summed E-state index contributed by atoms with van der Waals surface area (Å²) in [6.07, 6.45) is 3.93. The highest BCUT2D eigenvalue weighted by Gasteiger charge is 2.53. The van der Waals surface area contributed by atoms with Gasteiger partial charge in [-0.25, -0.2) is 4.79 Å². The summed E-state index contributed by atoms with van der Waals surface area (Å²) in [4.78, 5) is 15.5. The number of aromatic carboxylic acids is 1. The molecule has 2 aromatic heterocycles. The zero-order chi connectivity index (χ0) is 27.2. The number of carboxylic acid groups (broad SMARTS) is 1. The number of aromatic nitrogens is 2. The monoisotopic (exact) mass is 570 g/mol. The molecule has 5 rings (SSSR count). The van der Waals surface area contributed by atoms with Gasteiger partial charge in [0, 0.05) is 34.3 Å². The van der Waals surface area contributed by atoms with Gasteiger partial charge in [0.2, 0.25) is 0 Å². The lowest BCUT2D eigenvalue weighted by molar-refractivity contribution is 0.0696. The minimum absolute atomic E-state index is 0.0729. The summed E-state index contributed by atoms with van der Waals surface area (Å²) in [7, 11) is 0. The van der Waals surface area contributed by atoms with Crippen LogP contribution in [0.1, 0.15) is 71.8 Å². The third-order valence-corrected chi connectivity index (χ3v) is 8.11. The van der Waals surface area contributed by atoms with E-state index in [2.05, 4.69) is 17.1 Å². The highest BCUT2D eigenvalue weighted by molar-refractivity contribution is 6.39. The number of halogens is 3. The van der Waals surface area contributed by atoms with Crippen molar-refractivity contribution in [3.63, 3.8) is 0 Å². The van der Waals surface area contributed by atoms with Crippen molar-refractivity contribution in [2.45, 2.75) is 51.0 Å². The lowest BCUT2D eigenvalue weighted by Crippen LogP contribution is -2.08. The van der Waals surface area contributed by atoms with Crippen LogP contribution < -0.4 is 4.74 Å². The number of nitrogens with zero attached hydrogens (tertiary/aromatic N) is 2. The van der Waals surface area contributed by atoms with Gasteiger partial charge in [0.1, 0.15) is 23.8 Å². The number of hydrogen-bond donors (Lipinski definition) is 1. The van der Waals surface area contributed by atoms with Gasteiger partial charge in [0.05, 0.1) is 21.2 Å². The van der Waals surface area contributed by atoms with E-state index in [1.165, 1.54) is 6.20 Å². The maximum absolute atomic E-state index is 11.4. The SMILES string of the molecule is CC(C)c1onc(-c2c(Cl)cccc2Cl)c1COc1ccc(C2CC2(C)c2cncc(C(=O)O)c2)c(Cl)c1. The van der Waals surface area contributed by atoms with Crippen molar-refractivity contribution in [3.8, 4) is 17.0 Å². The Morgan fingerprint density at radius 3 is 2.53 bits per heavy atom. The molecule has 0 saturated heterocycles. The van der Waals surface area contributed by atoms with Crippen molar-refractivity contribution < 1.29 is 19.2 Å². The molecule has 6 nitrogen and oxygen atoms in total. The van der Waals surface area contributed by atoms with Crippen molar-refractivity contribution in [2.75, 3.05) is 0 Å². The van der Waals surface area contributed by atoms with Crippen LogP contribution >= 0.6 is 34.8 Å². The summed E-state index contributed by atoms with van der Waals surface area (Å²) in [5.41, 5.74) is 3.75. The van der Waals surface area contributed by atoms with Crippen molar-refractivity contribution in [1.29, 1.82) is 0 Å². The predicted octanol–water partition coefficient (Wildman–Crippen LogP) is 8.54. The summed E-state index contributed by atoms with van der Waals surface area (Å²) in [5.74, 6) is 0.527. The van der Waals surface area contributed by atoms with E-state index in [4.69, 9.17) is 44.1 Å². The number of carbonyl (C=O) groups is 1. The van der Waals surface area contributed by atoms with Gasteiger partial charge in [0.25, 0.3) is 0 Å². The Morgan fingerprint density at radius 2 is 1.87 bits per heavy atom. The predicted molar refractivity (Wildman–Crippen MR) is 148 cm³/mol. The number of carboxylic acids is 1. The number of benzene rings is 2. The van der Waals surface area contributed by atoms with E-state index in [-0.39, 0.29) is 29.4 Å². The van der Waals surface area contributed by atoms with Gasteiger partial charge in [-0.15, -0.1) is 0 Å². The van der Waals surface area contributed by atoms with Crippen LogP contribution in [0.3, 0.4) is 0 Å². The van der Waals surface area contributed by atoms with E-state index >= 15 is 0 Å². The van der Waals surface area contributed by atoms with Gasteiger partial charge in [-0.3, -0.25) is 4.98 Å². The second kappa shape index (κ2) is 10.3. The molecule has 1 fully saturated rings. The number of ether oxygens (including phenoxy) is 1. The zero-order valence-electron chi connectivity index (χ0n) is 21.0. The first-order valence-electron chi connectivity index (χ1n) is 12.1. The molecule has 2 aromatic carbocycles. The van der Waals surface area contributed by atoms with Gasteiger partial charge in [-0.05, 0) is 53.8 Å². The van der Waals surface area contributed by atoms with E-state index in [1.54, 1.807) is 36.5 Å². The highest BCUT2D eigenvalue weighted by Crippen LogP contribution is 2.61. The molecular weight excluding hydrogens is 547 g/mol. The van der Waals surface area contributed by atoms with Crippen LogP contribution in [0.15, 0.2) is 59.4 Å². The Bertz CT molecular complexity index is 1510. The molecule has 0 spiro atoms. The van der Waals surface area contributed by atoms with E-state index in [0.29, 0.717) is 37.8 Å². The molecule has 1 saturated carbocycles. The van der Waals surface area contributed by atoms with Gasteiger partial charge < -0.3 is 14.4 Å². The third-order valence-electron chi connectivity index (χ3n) is 7.15. The molecule has 2 heterocycles. The highest BCUT2D eigenvalue weighted by atomic mass is 35.5. The van der Waals surface area contributed by atoms with E-state index in [0.717, 1.165) is 23.1 Å². The molecule has 1 aliphatic rings. The van der Waals surface area contributed by atoms with Crippen molar-refractivity contribution in [1.82, 2.24) is 10.1 Å². The molecular formula is C29H25Cl3N2O4. The topological polar surface area (TPSA) is 85.5 Å². The van der Waals surface area contributed by atoms with Crippen molar-refractivity contribution >= 4 is 40.8 Å². The fourth-order valence-electron chi connectivity index (χ4n) is 4.88. The van der Waals surface area contributed by atoms with Crippen LogP contribution in [-0.2, 0) is 12.0 Å². The van der Waals surface area contributed by atoms with E-state index < -0.39 is 5.97 Å². The molecule has 2 atom stereocenters. The third kappa shape index (κ3) is 4.89. The Labute approximate surface area is 235 Å². The second-order valence-electron chi connectivity index (χ2n) is 10.0. The molecule has 2 unspecified atom stereocenters. The van der Waals surface area contributed by atoms with Gasteiger partial charge >= 0.3 is 5.97 Å². The lowest BCUT2D eigenvalue weighted by atomic mass is 9.93. The van der Waals surface area contributed by atoms with Crippen LogP contribution in [0.5, 0.6) is 5.75 Å². The normalized spacial score (nSPS) is 18.6. The minimum atomic E-state index is -0.993. The van der Waals surface area contributed by atoms with Crippen LogP contribution in [0.4, 0.5) is 0 Å². The van der Waals surface area contributed by atoms with Crippen molar-refractivity contribution in [3.05, 3.63) is 97.9 Å². The molecule has 1 aliphatic carbocycles. The maximum Gasteiger partial charge on any atom is 0.337 e.